The van der Waals surface area contributed by atoms with Crippen LogP contribution in [0.3, 0.4) is 0 Å². The molecule has 2 amide bonds. The molecule has 1 aliphatic carbocycles. The van der Waals surface area contributed by atoms with Gasteiger partial charge in [0.15, 0.2) is 0 Å². The number of piperazine rings is 1. The molecule has 1 atom stereocenters. The summed E-state index contributed by atoms with van der Waals surface area (Å²) in [5.41, 5.74) is 5.75. The van der Waals surface area contributed by atoms with E-state index in [9.17, 15) is 14.7 Å². The van der Waals surface area contributed by atoms with Crippen molar-refractivity contribution in [2.45, 2.75) is 50.8 Å². The molecule has 2 fully saturated rings. The van der Waals surface area contributed by atoms with Crippen LogP contribution in [0.2, 0.25) is 0 Å². The molecule has 3 heterocycles. The van der Waals surface area contributed by atoms with Gasteiger partial charge in [-0.15, -0.1) is 0 Å². The monoisotopic (exact) mass is 488 g/mol. The van der Waals surface area contributed by atoms with Crippen LogP contribution in [0.25, 0.3) is 0 Å². The van der Waals surface area contributed by atoms with Crippen LogP contribution in [-0.4, -0.2) is 89.1 Å². The lowest BCUT2D eigenvalue weighted by atomic mass is 9.97. The summed E-state index contributed by atoms with van der Waals surface area (Å²) in [7, 11) is 0. The van der Waals surface area contributed by atoms with Gasteiger partial charge in [0.2, 0.25) is 5.91 Å². The van der Waals surface area contributed by atoms with Crippen LogP contribution in [0, 0.1) is 0 Å². The van der Waals surface area contributed by atoms with Gasteiger partial charge in [0.25, 0.3) is 5.91 Å². The minimum atomic E-state index is -0.563. The SMILES string of the molecule is CC(=O)N1CCN(c2ccc3c(c2)CCN(C[C@H](O)CN2CCc4ccccc4C2)C3=O)CC12CC2. The first-order chi connectivity index (χ1) is 17.4. The molecular formula is C29H36N4O3. The molecule has 36 heavy (non-hydrogen) atoms. The first-order valence-corrected chi connectivity index (χ1v) is 13.3. The maximum Gasteiger partial charge on any atom is 0.254 e. The minimum absolute atomic E-state index is 0.0131. The van der Waals surface area contributed by atoms with E-state index in [-0.39, 0.29) is 17.4 Å². The fourth-order valence-electron chi connectivity index (χ4n) is 6.48. The van der Waals surface area contributed by atoms with Gasteiger partial charge in [-0.2, -0.15) is 0 Å². The molecular weight excluding hydrogens is 452 g/mol. The molecule has 0 unspecified atom stereocenters. The van der Waals surface area contributed by atoms with Crippen molar-refractivity contribution in [3.8, 4) is 0 Å². The van der Waals surface area contributed by atoms with Crippen molar-refractivity contribution in [1.82, 2.24) is 14.7 Å². The summed E-state index contributed by atoms with van der Waals surface area (Å²) in [5.74, 6) is 0.196. The zero-order valence-electron chi connectivity index (χ0n) is 21.2. The molecule has 3 aliphatic heterocycles. The molecule has 0 radical (unpaired) electrons. The average Bonchev–Trinajstić information content (AvgIpc) is 3.64. The lowest BCUT2D eigenvalue weighted by Gasteiger charge is -2.43. The molecule has 190 valence electrons. The van der Waals surface area contributed by atoms with Crippen LogP contribution >= 0.6 is 0 Å². The molecule has 6 rings (SSSR count). The largest absolute Gasteiger partial charge is 0.390 e. The van der Waals surface area contributed by atoms with Gasteiger partial charge in [-0.05, 0) is 60.6 Å². The lowest BCUT2D eigenvalue weighted by molar-refractivity contribution is -0.132. The van der Waals surface area contributed by atoms with Crippen molar-refractivity contribution in [3.05, 3.63) is 64.7 Å². The number of anilines is 1. The first-order valence-electron chi connectivity index (χ1n) is 13.3. The van der Waals surface area contributed by atoms with E-state index in [1.807, 2.05) is 11.0 Å². The van der Waals surface area contributed by atoms with Crippen molar-refractivity contribution in [3.63, 3.8) is 0 Å². The van der Waals surface area contributed by atoms with Crippen molar-refractivity contribution in [2.24, 2.45) is 0 Å². The number of fused-ring (bicyclic) bond motifs is 2. The second kappa shape index (κ2) is 9.20. The molecule has 2 aromatic carbocycles. The number of aliphatic hydroxyl groups excluding tert-OH is 1. The summed E-state index contributed by atoms with van der Waals surface area (Å²) in [6, 6.07) is 14.7. The van der Waals surface area contributed by atoms with Crippen molar-refractivity contribution < 1.29 is 14.7 Å². The van der Waals surface area contributed by atoms with Crippen LogP contribution in [0.5, 0.6) is 0 Å². The van der Waals surface area contributed by atoms with Gasteiger partial charge in [-0.25, -0.2) is 0 Å². The number of carbonyl (C=O) groups excluding carboxylic acids is 2. The number of hydrogen-bond donors (Lipinski definition) is 1. The number of rotatable bonds is 5. The van der Waals surface area contributed by atoms with E-state index < -0.39 is 6.10 Å². The van der Waals surface area contributed by atoms with Crippen molar-refractivity contribution in [1.29, 1.82) is 0 Å². The predicted molar refractivity (Wildman–Crippen MR) is 139 cm³/mol. The van der Waals surface area contributed by atoms with Crippen LogP contribution in [-0.2, 0) is 24.2 Å². The first kappa shape index (κ1) is 23.5. The van der Waals surface area contributed by atoms with Crippen LogP contribution in [0.4, 0.5) is 5.69 Å². The van der Waals surface area contributed by atoms with Gasteiger partial charge < -0.3 is 19.8 Å². The summed E-state index contributed by atoms with van der Waals surface area (Å²) in [5, 5.41) is 10.8. The van der Waals surface area contributed by atoms with Crippen molar-refractivity contribution >= 4 is 17.5 Å². The summed E-state index contributed by atoms with van der Waals surface area (Å²) in [6.45, 7) is 7.52. The molecule has 1 saturated carbocycles. The molecule has 4 aliphatic rings. The average molecular weight is 489 g/mol. The van der Waals surface area contributed by atoms with Gasteiger partial charge in [0, 0.05) is 70.5 Å². The third-order valence-electron chi connectivity index (χ3n) is 8.59. The zero-order valence-corrected chi connectivity index (χ0v) is 21.2. The highest BCUT2D eigenvalue weighted by Crippen LogP contribution is 2.45. The highest BCUT2D eigenvalue weighted by Gasteiger charge is 2.52. The molecule has 1 spiro atoms. The molecule has 1 N–H and O–H groups in total. The van der Waals surface area contributed by atoms with Gasteiger partial charge in [-0.1, -0.05) is 24.3 Å². The Morgan fingerprint density at radius 3 is 2.53 bits per heavy atom. The summed E-state index contributed by atoms with van der Waals surface area (Å²) in [4.78, 5) is 33.8. The fourth-order valence-corrected chi connectivity index (χ4v) is 6.48. The molecule has 0 bridgehead atoms. The van der Waals surface area contributed by atoms with E-state index in [0.717, 1.165) is 75.2 Å². The van der Waals surface area contributed by atoms with Gasteiger partial charge in [0.05, 0.1) is 11.6 Å². The van der Waals surface area contributed by atoms with E-state index in [1.54, 1.807) is 6.92 Å². The molecule has 7 heteroatoms. The molecule has 7 nitrogen and oxygen atoms in total. The Kier molecular flexibility index (Phi) is 6.00. The normalized spacial score (nSPS) is 21.8. The Bertz CT molecular complexity index is 1180. The van der Waals surface area contributed by atoms with E-state index in [2.05, 4.69) is 51.1 Å². The molecule has 2 aromatic rings. The summed E-state index contributed by atoms with van der Waals surface area (Å²) < 4.78 is 0. The maximum absolute atomic E-state index is 13.3. The number of benzene rings is 2. The predicted octanol–water partition coefficient (Wildman–Crippen LogP) is 2.31. The third-order valence-corrected chi connectivity index (χ3v) is 8.59. The second-order valence-electron chi connectivity index (χ2n) is 11.1. The summed E-state index contributed by atoms with van der Waals surface area (Å²) >= 11 is 0. The highest BCUT2D eigenvalue weighted by molar-refractivity contribution is 5.97. The number of hydrogen-bond acceptors (Lipinski definition) is 5. The molecule has 0 aromatic heterocycles. The quantitative estimate of drug-likeness (QED) is 0.700. The number of nitrogens with zero attached hydrogens (tertiary/aromatic N) is 4. The second-order valence-corrected chi connectivity index (χ2v) is 11.1. The van der Waals surface area contributed by atoms with Crippen LogP contribution < -0.4 is 4.90 Å². The Hall–Kier alpha value is -2.90. The Morgan fingerprint density at radius 2 is 1.75 bits per heavy atom. The molecule has 1 saturated heterocycles. The van der Waals surface area contributed by atoms with E-state index in [0.29, 0.717) is 19.6 Å². The Morgan fingerprint density at radius 1 is 0.972 bits per heavy atom. The highest BCUT2D eigenvalue weighted by atomic mass is 16.3. The zero-order chi connectivity index (χ0) is 24.9. The minimum Gasteiger partial charge on any atom is -0.390 e. The number of aliphatic hydroxyl groups is 1. The van der Waals surface area contributed by atoms with Gasteiger partial charge in [-0.3, -0.25) is 14.5 Å². The lowest BCUT2D eigenvalue weighted by Crippen LogP contribution is -2.56. The Labute approximate surface area is 213 Å². The van der Waals surface area contributed by atoms with Crippen molar-refractivity contribution in [2.75, 3.05) is 50.7 Å². The van der Waals surface area contributed by atoms with Gasteiger partial charge >= 0.3 is 0 Å². The fraction of sp³-hybridized carbons (Fsp3) is 0.517. The topological polar surface area (TPSA) is 67.3 Å². The summed E-state index contributed by atoms with van der Waals surface area (Å²) in [6.07, 6.45) is 3.40. The maximum atomic E-state index is 13.3. The van der Waals surface area contributed by atoms with E-state index >= 15 is 0 Å². The van der Waals surface area contributed by atoms with E-state index in [4.69, 9.17) is 0 Å². The third kappa shape index (κ3) is 4.39. The Balaban J connectivity index is 1.07. The van der Waals surface area contributed by atoms with E-state index in [1.165, 1.54) is 11.1 Å². The standard InChI is InChI=1S/C29H36N4O3/c1-21(34)33-15-14-32(20-29(33)10-11-29)25-6-7-27-23(16-25)9-13-31(28(27)36)19-26(35)18-30-12-8-22-4-2-3-5-24(22)17-30/h2-7,16,26,35H,8-15,17-20H2,1H3/t26-/m1/s1. The number of amides is 2. The van der Waals surface area contributed by atoms with Crippen LogP contribution in [0.1, 0.15) is 46.8 Å². The van der Waals surface area contributed by atoms with Gasteiger partial charge in [0.1, 0.15) is 0 Å². The van der Waals surface area contributed by atoms with Crippen LogP contribution in [0.15, 0.2) is 42.5 Å². The number of carbonyl (C=O) groups is 2. The smallest absolute Gasteiger partial charge is 0.254 e. The number of β-amino-alcohol motifs (C(OH)–C–C–N with tert-alkyl or cyclic N) is 1.